The summed E-state index contributed by atoms with van der Waals surface area (Å²) in [6.07, 6.45) is 0.0855. The van der Waals surface area contributed by atoms with Gasteiger partial charge in [0.1, 0.15) is 15.8 Å². The van der Waals surface area contributed by atoms with Gasteiger partial charge in [-0.1, -0.05) is 55.8 Å². The van der Waals surface area contributed by atoms with Crippen LogP contribution < -0.4 is 4.74 Å². The molecule has 1 aromatic heterocycles. The molecule has 0 saturated heterocycles. The molecule has 1 aromatic carbocycles. The van der Waals surface area contributed by atoms with E-state index in [9.17, 15) is 0 Å². The van der Waals surface area contributed by atoms with Gasteiger partial charge in [0.2, 0.25) is 0 Å². The van der Waals surface area contributed by atoms with Crippen LogP contribution in [0.2, 0.25) is 5.02 Å². The number of benzene rings is 1. The van der Waals surface area contributed by atoms with Crippen molar-refractivity contribution in [1.82, 2.24) is 10.2 Å². The van der Waals surface area contributed by atoms with E-state index in [0.717, 1.165) is 15.6 Å². The van der Waals surface area contributed by atoms with Gasteiger partial charge in [-0.15, -0.1) is 10.2 Å². The van der Waals surface area contributed by atoms with Crippen LogP contribution in [0.25, 0.3) is 10.6 Å². The lowest BCUT2D eigenvalue weighted by atomic mass is 9.98. The van der Waals surface area contributed by atoms with Crippen molar-refractivity contribution in [2.24, 2.45) is 0 Å². The molecule has 0 unspecified atom stereocenters. The lowest BCUT2D eigenvalue weighted by Crippen LogP contribution is -2.10. The Balaban J connectivity index is 2.40. The predicted octanol–water partition coefficient (Wildman–Crippen LogP) is 4.94. The van der Waals surface area contributed by atoms with Crippen LogP contribution in [0.3, 0.4) is 0 Å². The van der Waals surface area contributed by atoms with Crippen molar-refractivity contribution < 1.29 is 4.74 Å². The molecule has 0 aliphatic rings. The van der Waals surface area contributed by atoms with Gasteiger partial charge in [-0.05, 0) is 19.9 Å². The highest BCUT2D eigenvalue weighted by atomic mass is 35.5. The van der Waals surface area contributed by atoms with E-state index in [4.69, 9.17) is 16.3 Å². The lowest BCUT2D eigenvalue weighted by molar-refractivity contribution is 0.242. The molecule has 0 aliphatic heterocycles. The molecule has 2 aromatic rings. The molecule has 0 fully saturated rings. The Hall–Kier alpha value is -1.13. The fourth-order valence-corrected chi connectivity index (χ4v) is 2.90. The molecule has 0 aliphatic carbocycles. The maximum Gasteiger partial charge on any atom is 0.149 e. The average Bonchev–Trinajstić information content (AvgIpc) is 2.80. The zero-order valence-corrected chi connectivity index (χ0v) is 14.0. The van der Waals surface area contributed by atoms with E-state index in [1.807, 2.05) is 32.0 Å². The summed E-state index contributed by atoms with van der Waals surface area (Å²) in [5, 5.41) is 10.9. The summed E-state index contributed by atoms with van der Waals surface area (Å²) in [5.74, 6) is 0.687. The molecule has 2 rings (SSSR count). The normalized spacial score (nSPS) is 11.9. The number of nitrogens with zero attached hydrogens (tertiary/aromatic N) is 2. The van der Waals surface area contributed by atoms with Crippen LogP contribution in [0.4, 0.5) is 0 Å². The monoisotopic (exact) mass is 310 g/mol. The molecule has 1 heterocycles. The summed E-state index contributed by atoms with van der Waals surface area (Å²) >= 11 is 8.00. The summed E-state index contributed by atoms with van der Waals surface area (Å²) in [6.45, 7) is 10.3. The van der Waals surface area contributed by atoms with Crippen molar-refractivity contribution in [3.63, 3.8) is 0 Å². The van der Waals surface area contributed by atoms with Crippen molar-refractivity contribution in [3.05, 3.63) is 28.2 Å². The molecule has 0 amide bonds. The van der Waals surface area contributed by atoms with E-state index in [2.05, 4.69) is 31.0 Å². The maximum atomic E-state index is 6.42. The van der Waals surface area contributed by atoms with Gasteiger partial charge in [-0.2, -0.15) is 0 Å². The van der Waals surface area contributed by atoms with Gasteiger partial charge in [0.05, 0.1) is 11.1 Å². The highest BCUT2D eigenvalue weighted by molar-refractivity contribution is 7.14. The molecule has 0 bridgehead atoms. The van der Waals surface area contributed by atoms with E-state index in [1.165, 1.54) is 0 Å². The van der Waals surface area contributed by atoms with E-state index in [1.54, 1.807) is 11.3 Å². The van der Waals surface area contributed by atoms with Crippen molar-refractivity contribution in [1.29, 1.82) is 0 Å². The molecule has 0 radical (unpaired) electrons. The first-order valence-corrected chi connectivity index (χ1v) is 7.78. The largest absolute Gasteiger partial charge is 0.489 e. The first-order valence-electron chi connectivity index (χ1n) is 6.58. The first-order chi connectivity index (χ1) is 9.29. The molecular formula is C15H19ClN2OS. The van der Waals surface area contributed by atoms with Crippen LogP contribution in [0.15, 0.2) is 18.2 Å². The third-order valence-corrected chi connectivity index (χ3v) is 4.40. The van der Waals surface area contributed by atoms with Crippen LogP contribution >= 0.6 is 22.9 Å². The average molecular weight is 311 g/mol. The van der Waals surface area contributed by atoms with Gasteiger partial charge < -0.3 is 4.74 Å². The Labute approximate surface area is 129 Å². The van der Waals surface area contributed by atoms with Crippen molar-refractivity contribution in [2.45, 2.75) is 46.1 Å². The van der Waals surface area contributed by atoms with Crippen molar-refractivity contribution >= 4 is 22.9 Å². The van der Waals surface area contributed by atoms with Gasteiger partial charge in [-0.3, -0.25) is 0 Å². The number of rotatable bonds is 3. The Kier molecular flexibility index (Phi) is 4.35. The fourth-order valence-electron chi connectivity index (χ4n) is 1.66. The van der Waals surface area contributed by atoms with Crippen LogP contribution in [-0.4, -0.2) is 16.3 Å². The molecule has 3 nitrogen and oxygen atoms in total. The van der Waals surface area contributed by atoms with Crippen LogP contribution in [0.5, 0.6) is 5.75 Å². The molecule has 108 valence electrons. The molecule has 0 atom stereocenters. The van der Waals surface area contributed by atoms with E-state index >= 15 is 0 Å². The Morgan fingerprint density at radius 1 is 1.20 bits per heavy atom. The van der Waals surface area contributed by atoms with Crippen molar-refractivity contribution in [3.8, 4) is 16.3 Å². The second-order valence-electron chi connectivity index (χ2n) is 5.95. The highest BCUT2D eigenvalue weighted by Crippen LogP contribution is 2.38. The number of hydrogen-bond acceptors (Lipinski definition) is 4. The maximum absolute atomic E-state index is 6.42. The SMILES string of the molecule is CC(C)Oc1cccc(-c2nnc(C(C)(C)C)s2)c1Cl. The van der Waals surface area contributed by atoms with Crippen LogP contribution in [0, 0.1) is 0 Å². The first kappa shape index (κ1) is 15.3. The third-order valence-electron chi connectivity index (χ3n) is 2.62. The molecule has 5 heteroatoms. The van der Waals surface area contributed by atoms with E-state index < -0.39 is 0 Å². The minimum atomic E-state index is -0.00552. The summed E-state index contributed by atoms with van der Waals surface area (Å²) in [7, 11) is 0. The minimum absolute atomic E-state index is 0.00552. The minimum Gasteiger partial charge on any atom is -0.489 e. The molecule has 0 saturated carbocycles. The van der Waals surface area contributed by atoms with Gasteiger partial charge >= 0.3 is 0 Å². The second kappa shape index (κ2) is 5.70. The van der Waals surface area contributed by atoms with E-state index in [-0.39, 0.29) is 11.5 Å². The van der Waals surface area contributed by atoms with E-state index in [0.29, 0.717) is 10.8 Å². The topological polar surface area (TPSA) is 35.0 Å². The summed E-state index contributed by atoms with van der Waals surface area (Å²) < 4.78 is 5.71. The van der Waals surface area contributed by atoms with Crippen LogP contribution in [-0.2, 0) is 5.41 Å². The van der Waals surface area contributed by atoms with Crippen LogP contribution in [0.1, 0.15) is 39.6 Å². The predicted molar refractivity (Wildman–Crippen MR) is 84.8 cm³/mol. The van der Waals surface area contributed by atoms with Gasteiger partial charge in [-0.25, -0.2) is 0 Å². The molecular weight excluding hydrogens is 292 g/mol. The van der Waals surface area contributed by atoms with Gasteiger partial charge in [0.25, 0.3) is 0 Å². The third kappa shape index (κ3) is 3.30. The van der Waals surface area contributed by atoms with Gasteiger partial charge in [0, 0.05) is 11.0 Å². The number of aromatic nitrogens is 2. The smallest absolute Gasteiger partial charge is 0.149 e. The molecule has 0 spiro atoms. The Morgan fingerprint density at radius 3 is 2.45 bits per heavy atom. The zero-order valence-electron chi connectivity index (χ0n) is 12.4. The van der Waals surface area contributed by atoms with Crippen molar-refractivity contribution in [2.75, 3.05) is 0 Å². The van der Waals surface area contributed by atoms with Gasteiger partial charge in [0.15, 0.2) is 0 Å². The molecule has 20 heavy (non-hydrogen) atoms. The number of halogens is 1. The standard InChI is InChI=1S/C15H19ClN2OS/c1-9(2)19-11-8-6-7-10(12(11)16)13-17-18-14(20-13)15(3,4)5/h6-9H,1-5H3. The quantitative estimate of drug-likeness (QED) is 0.805. The Morgan fingerprint density at radius 2 is 1.90 bits per heavy atom. The fraction of sp³-hybridized carbons (Fsp3) is 0.467. The molecule has 0 N–H and O–H groups in total. The zero-order chi connectivity index (χ0) is 14.9. The summed E-state index contributed by atoms with van der Waals surface area (Å²) in [5.41, 5.74) is 0.867. The second-order valence-corrected chi connectivity index (χ2v) is 7.30. The lowest BCUT2D eigenvalue weighted by Gasteiger charge is -2.13. The number of ether oxygens (including phenoxy) is 1. The number of hydrogen-bond donors (Lipinski definition) is 0. The summed E-state index contributed by atoms with van der Waals surface area (Å²) in [6, 6.07) is 5.75. The highest BCUT2D eigenvalue weighted by Gasteiger charge is 2.21. The summed E-state index contributed by atoms with van der Waals surface area (Å²) in [4.78, 5) is 0. The Bertz CT molecular complexity index is 602.